The predicted octanol–water partition coefficient (Wildman–Crippen LogP) is 2.41. The van der Waals surface area contributed by atoms with E-state index in [0.29, 0.717) is 0 Å². The number of thiophene rings is 1. The lowest BCUT2D eigenvalue weighted by molar-refractivity contribution is -0.159. The molecule has 0 radical (unpaired) electrons. The molecular formula is C17H23N3O6S2. The molecule has 2 aromatic rings. The van der Waals surface area contributed by atoms with E-state index >= 15 is 0 Å². The first kappa shape index (κ1) is 23.5. The van der Waals surface area contributed by atoms with Crippen molar-refractivity contribution in [3.63, 3.8) is 0 Å². The molecule has 11 heteroatoms. The molecule has 0 amide bonds. The quantitative estimate of drug-likeness (QED) is 0.442. The Morgan fingerprint density at radius 2 is 1.79 bits per heavy atom. The summed E-state index contributed by atoms with van der Waals surface area (Å²) in [5.41, 5.74) is 0.799. The number of nitrogens with one attached hydrogen (secondary N) is 1. The summed E-state index contributed by atoms with van der Waals surface area (Å²) in [5, 5.41) is 29.9. The van der Waals surface area contributed by atoms with Gasteiger partial charge < -0.3 is 25.5 Å². The normalized spacial score (nSPS) is 10.2. The summed E-state index contributed by atoms with van der Waals surface area (Å²) in [4.78, 5) is 38.0. The molecule has 0 saturated carbocycles. The fraction of sp³-hybridized carbons (Fsp3) is 0.412. The summed E-state index contributed by atoms with van der Waals surface area (Å²) in [7, 11) is 0. The third-order valence-electron chi connectivity index (χ3n) is 3.55. The number of hydrogen-bond donors (Lipinski definition) is 4. The van der Waals surface area contributed by atoms with Crippen LogP contribution in [0.3, 0.4) is 0 Å². The van der Waals surface area contributed by atoms with E-state index in [1.165, 1.54) is 11.3 Å². The standard InChI is InChI=1S/C15H21N3O2S2.C2H2O4/c1-3-18(4-2)8-7-16-15-17-14(11-6-5-9-21-11)12(22-15)10-13(19)20;3-1(4)2(5)6/h5-6,9H,3-4,7-8,10H2,1-2H3,(H,16,17)(H,19,20);(H,3,4)(H,5,6). The van der Waals surface area contributed by atoms with E-state index in [1.807, 2.05) is 17.5 Å². The van der Waals surface area contributed by atoms with E-state index in [0.717, 1.165) is 46.8 Å². The average molecular weight is 430 g/mol. The smallest absolute Gasteiger partial charge is 0.414 e. The highest BCUT2D eigenvalue weighted by molar-refractivity contribution is 7.17. The van der Waals surface area contributed by atoms with Crippen LogP contribution < -0.4 is 5.32 Å². The number of carbonyl (C=O) groups is 3. The van der Waals surface area contributed by atoms with Crippen LogP contribution in [0.25, 0.3) is 10.6 Å². The Balaban J connectivity index is 0.000000568. The van der Waals surface area contributed by atoms with Gasteiger partial charge in [0, 0.05) is 18.0 Å². The molecule has 0 atom stereocenters. The SMILES string of the molecule is CCN(CC)CCNc1nc(-c2cccs2)c(CC(=O)O)s1.O=C(O)C(=O)O. The Kier molecular flexibility index (Phi) is 10.1. The number of hydrogen-bond acceptors (Lipinski definition) is 8. The van der Waals surface area contributed by atoms with Crippen molar-refractivity contribution in [1.82, 2.24) is 9.88 Å². The van der Waals surface area contributed by atoms with Gasteiger partial charge in [0.15, 0.2) is 5.13 Å². The number of thiazole rings is 1. The van der Waals surface area contributed by atoms with Crippen molar-refractivity contribution in [1.29, 1.82) is 0 Å². The monoisotopic (exact) mass is 429 g/mol. The van der Waals surface area contributed by atoms with E-state index in [1.54, 1.807) is 11.3 Å². The first-order chi connectivity index (χ1) is 13.3. The van der Waals surface area contributed by atoms with Gasteiger partial charge in [-0.1, -0.05) is 19.9 Å². The van der Waals surface area contributed by atoms with Crippen molar-refractivity contribution >= 4 is 45.7 Å². The molecule has 0 aromatic carbocycles. The van der Waals surface area contributed by atoms with Gasteiger partial charge in [-0.25, -0.2) is 14.6 Å². The number of rotatable bonds is 9. The molecule has 0 spiro atoms. The molecule has 0 aliphatic rings. The fourth-order valence-electron chi connectivity index (χ4n) is 2.15. The van der Waals surface area contributed by atoms with Crippen LogP contribution in [0, 0.1) is 0 Å². The molecule has 0 bridgehead atoms. The van der Waals surface area contributed by atoms with Gasteiger partial charge in [0.25, 0.3) is 0 Å². The van der Waals surface area contributed by atoms with E-state index in [9.17, 15) is 4.79 Å². The minimum Gasteiger partial charge on any atom is -0.481 e. The molecule has 0 unspecified atom stereocenters. The molecule has 0 aliphatic heterocycles. The van der Waals surface area contributed by atoms with Crippen molar-refractivity contribution < 1.29 is 29.7 Å². The van der Waals surface area contributed by atoms with Crippen molar-refractivity contribution in [2.24, 2.45) is 0 Å². The van der Waals surface area contributed by atoms with Gasteiger partial charge in [0.1, 0.15) is 0 Å². The zero-order chi connectivity index (χ0) is 21.1. The van der Waals surface area contributed by atoms with Crippen molar-refractivity contribution in [3.05, 3.63) is 22.4 Å². The number of aromatic nitrogens is 1. The number of aliphatic carboxylic acids is 3. The zero-order valence-corrected chi connectivity index (χ0v) is 17.2. The first-order valence-corrected chi connectivity index (χ1v) is 10.2. The van der Waals surface area contributed by atoms with Gasteiger partial charge in [-0.05, 0) is 24.5 Å². The summed E-state index contributed by atoms with van der Waals surface area (Å²) in [5.74, 6) is -4.47. The van der Waals surface area contributed by atoms with E-state index in [2.05, 4.69) is 29.0 Å². The van der Waals surface area contributed by atoms with Gasteiger partial charge in [-0.2, -0.15) is 0 Å². The molecule has 154 valence electrons. The summed E-state index contributed by atoms with van der Waals surface area (Å²) in [6, 6.07) is 3.93. The highest BCUT2D eigenvalue weighted by Gasteiger charge is 2.16. The average Bonchev–Trinajstić information content (AvgIpc) is 3.28. The minimum atomic E-state index is -1.82. The van der Waals surface area contributed by atoms with Gasteiger partial charge in [-0.3, -0.25) is 4.79 Å². The molecule has 4 N–H and O–H groups in total. The van der Waals surface area contributed by atoms with Crippen LogP contribution in [-0.4, -0.2) is 69.3 Å². The predicted molar refractivity (Wildman–Crippen MR) is 108 cm³/mol. The van der Waals surface area contributed by atoms with Crippen molar-refractivity contribution in [2.45, 2.75) is 20.3 Å². The maximum atomic E-state index is 11.0. The third kappa shape index (κ3) is 8.03. The van der Waals surface area contributed by atoms with Crippen LogP contribution in [-0.2, 0) is 20.8 Å². The van der Waals surface area contributed by atoms with E-state index < -0.39 is 17.9 Å². The Morgan fingerprint density at radius 1 is 1.14 bits per heavy atom. The number of carboxylic acids is 3. The van der Waals surface area contributed by atoms with Gasteiger partial charge in [0.05, 0.1) is 17.0 Å². The lowest BCUT2D eigenvalue weighted by Crippen LogP contribution is -2.28. The number of anilines is 1. The molecule has 28 heavy (non-hydrogen) atoms. The number of likely N-dealkylation sites (N-methyl/N-ethyl adjacent to an activating group) is 1. The number of carboxylic acid groups (broad SMARTS) is 3. The molecule has 0 saturated heterocycles. The maximum Gasteiger partial charge on any atom is 0.414 e. The first-order valence-electron chi connectivity index (χ1n) is 8.46. The van der Waals surface area contributed by atoms with Gasteiger partial charge >= 0.3 is 17.9 Å². The molecule has 9 nitrogen and oxygen atoms in total. The molecule has 2 heterocycles. The Bertz CT molecular complexity index is 760. The molecular weight excluding hydrogens is 406 g/mol. The van der Waals surface area contributed by atoms with Crippen LogP contribution in [0.15, 0.2) is 17.5 Å². The summed E-state index contributed by atoms with van der Waals surface area (Å²) >= 11 is 3.02. The highest BCUT2D eigenvalue weighted by Crippen LogP contribution is 2.34. The maximum absolute atomic E-state index is 11.0. The second-order valence-corrected chi connectivity index (χ2v) is 7.43. The lowest BCUT2D eigenvalue weighted by atomic mass is 10.2. The number of nitrogens with zero attached hydrogens (tertiary/aromatic N) is 2. The Morgan fingerprint density at radius 3 is 2.25 bits per heavy atom. The van der Waals surface area contributed by atoms with Gasteiger partial charge in [0.2, 0.25) is 0 Å². The van der Waals surface area contributed by atoms with Crippen LogP contribution in [0.4, 0.5) is 5.13 Å². The summed E-state index contributed by atoms with van der Waals surface area (Å²) in [6.45, 7) is 8.11. The van der Waals surface area contributed by atoms with Gasteiger partial charge in [-0.15, -0.1) is 22.7 Å². The summed E-state index contributed by atoms with van der Waals surface area (Å²) < 4.78 is 0. The zero-order valence-electron chi connectivity index (χ0n) is 15.5. The Hall–Kier alpha value is -2.50. The summed E-state index contributed by atoms with van der Waals surface area (Å²) in [6.07, 6.45) is 0.0165. The minimum absolute atomic E-state index is 0.0165. The molecule has 2 rings (SSSR count). The van der Waals surface area contributed by atoms with Crippen molar-refractivity contribution in [2.75, 3.05) is 31.5 Å². The Labute approximate surface area is 170 Å². The van der Waals surface area contributed by atoms with Crippen LogP contribution in [0.2, 0.25) is 0 Å². The largest absolute Gasteiger partial charge is 0.481 e. The van der Waals surface area contributed by atoms with Crippen LogP contribution in [0.1, 0.15) is 18.7 Å². The van der Waals surface area contributed by atoms with Crippen LogP contribution >= 0.6 is 22.7 Å². The molecule has 0 fully saturated rings. The van der Waals surface area contributed by atoms with Crippen molar-refractivity contribution in [3.8, 4) is 10.6 Å². The second-order valence-electron chi connectivity index (χ2n) is 5.40. The second kappa shape index (κ2) is 12.1. The topological polar surface area (TPSA) is 140 Å². The van der Waals surface area contributed by atoms with Crippen LogP contribution in [0.5, 0.6) is 0 Å². The third-order valence-corrected chi connectivity index (χ3v) is 5.43. The van der Waals surface area contributed by atoms with E-state index in [-0.39, 0.29) is 6.42 Å². The molecule has 0 aliphatic carbocycles. The van der Waals surface area contributed by atoms with E-state index in [4.69, 9.17) is 24.9 Å². The fourth-order valence-corrected chi connectivity index (χ4v) is 3.95. The highest BCUT2D eigenvalue weighted by atomic mass is 32.1. The lowest BCUT2D eigenvalue weighted by Gasteiger charge is -2.17. The molecule has 2 aromatic heterocycles.